The zero-order valence-corrected chi connectivity index (χ0v) is 36.4. The van der Waals surface area contributed by atoms with Crippen molar-refractivity contribution in [3.8, 4) is 0 Å². The Hall–Kier alpha value is -2.14. The van der Waals surface area contributed by atoms with E-state index in [1.54, 1.807) is 0 Å². The first-order valence-corrected chi connectivity index (χ1v) is 23.7. The van der Waals surface area contributed by atoms with Gasteiger partial charge in [-0.3, -0.25) is 9.59 Å². The third-order valence-corrected chi connectivity index (χ3v) is 10.4. The van der Waals surface area contributed by atoms with Gasteiger partial charge in [0.2, 0.25) is 0 Å². The Balaban J connectivity index is 3.55. The van der Waals surface area contributed by atoms with Crippen molar-refractivity contribution in [3.05, 3.63) is 48.6 Å². The quantitative estimate of drug-likeness (QED) is 0.0380. The van der Waals surface area contributed by atoms with E-state index in [1.165, 1.54) is 148 Å². The van der Waals surface area contributed by atoms with E-state index in [2.05, 4.69) is 62.5 Å². The second-order valence-electron chi connectivity index (χ2n) is 15.8. The summed E-state index contributed by atoms with van der Waals surface area (Å²) in [6, 6.07) is 0. The standard InChI is InChI=1S/C50H90O5/c1-3-5-7-9-11-13-15-17-19-21-23-24-25-27-29-31-33-35-37-39-41-43-45-50(53)55-48(46-51)47-54-49(52)44-42-40-38-36-34-32-30-28-26-22-20-18-16-14-12-10-8-6-4-2/h12,14,18,20,26,28,32,34,48,51H,3-11,13,15-17,19,21-25,27,29-31,33,35-47H2,1-2H3/b14-12+,20-18+,28-26+,34-32+/t48-/m0/s1. The van der Waals surface area contributed by atoms with Crippen LogP contribution in [0.1, 0.15) is 239 Å². The molecule has 0 spiro atoms. The molecule has 0 aliphatic carbocycles. The van der Waals surface area contributed by atoms with Gasteiger partial charge in [0.25, 0.3) is 0 Å². The van der Waals surface area contributed by atoms with Crippen LogP contribution in [0.15, 0.2) is 48.6 Å². The van der Waals surface area contributed by atoms with E-state index < -0.39 is 6.10 Å². The molecule has 0 aromatic rings. The number of aliphatic hydroxyl groups excluding tert-OH is 1. The fourth-order valence-corrected chi connectivity index (χ4v) is 6.77. The smallest absolute Gasteiger partial charge is 0.306 e. The third kappa shape index (κ3) is 44.4. The SMILES string of the molecule is CCCCC/C=C/C/C=C/C/C=C/C/C=C/CCCCCC(=O)OC[C@H](CO)OC(=O)CCCCCCCCCCCCCCCCCCCCCCCC. The van der Waals surface area contributed by atoms with E-state index in [9.17, 15) is 14.7 Å². The van der Waals surface area contributed by atoms with Crippen molar-refractivity contribution in [1.29, 1.82) is 0 Å². The number of allylic oxidation sites excluding steroid dienone is 8. The van der Waals surface area contributed by atoms with Gasteiger partial charge in [-0.2, -0.15) is 0 Å². The number of hydrogen-bond acceptors (Lipinski definition) is 5. The van der Waals surface area contributed by atoms with Crippen molar-refractivity contribution < 1.29 is 24.2 Å². The summed E-state index contributed by atoms with van der Waals surface area (Å²) in [5.74, 6) is -0.619. The Kier molecular flexibility index (Phi) is 44.4. The predicted molar refractivity (Wildman–Crippen MR) is 237 cm³/mol. The number of carbonyl (C=O) groups is 2. The lowest BCUT2D eigenvalue weighted by atomic mass is 10.0. The van der Waals surface area contributed by atoms with Gasteiger partial charge in [0.05, 0.1) is 6.61 Å². The van der Waals surface area contributed by atoms with Crippen LogP contribution in [0, 0.1) is 0 Å². The van der Waals surface area contributed by atoms with Crippen molar-refractivity contribution in [1.82, 2.24) is 0 Å². The number of esters is 2. The molecular weight excluding hydrogens is 681 g/mol. The molecule has 55 heavy (non-hydrogen) atoms. The highest BCUT2D eigenvalue weighted by Crippen LogP contribution is 2.16. The lowest BCUT2D eigenvalue weighted by Crippen LogP contribution is -2.28. The average Bonchev–Trinajstić information content (AvgIpc) is 3.19. The van der Waals surface area contributed by atoms with Crippen LogP contribution in [-0.2, 0) is 19.1 Å². The van der Waals surface area contributed by atoms with Crippen molar-refractivity contribution in [2.75, 3.05) is 13.2 Å². The average molecular weight is 771 g/mol. The molecule has 0 rings (SSSR count). The minimum atomic E-state index is -0.784. The molecule has 1 N–H and O–H groups in total. The Morgan fingerprint density at radius 2 is 0.727 bits per heavy atom. The van der Waals surface area contributed by atoms with Crippen molar-refractivity contribution in [3.63, 3.8) is 0 Å². The Morgan fingerprint density at radius 3 is 1.13 bits per heavy atom. The summed E-state index contributed by atoms with van der Waals surface area (Å²) in [7, 11) is 0. The van der Waals surface area contributed by atoms with Crippen LogP contribution in [0.5, 0.6) is 0 Å². The predicted octanol–water partition coefficient (Wildman–Crippen LogP) is 15.4. The molecule has 320 valence electrons. The summed E-state index contributed by atoms with van der Waals surface area (Å²) < 4.78 is 10.6. The Morgan fingerprint density at radius 1 is 0.418 bits per heavy atom. The molecular formula is C50H90O5. The summed E-state index contributed by atoms with van der Waals surface area (Å²) >= 11 is 0. The summed E-state index contributed by atoms with van der Waals surface area (Å²) in [6.45, 7) is 4.11. The van der Waals surface area contributed by atoms with Crippen molar-refractivity contribution in [2.45, 2.75) is 245 Å². The molecule has 0 fully saturated rings. The summed E-state index contributed by atoms with van der Waals surface area (Å²) in [5, 5.41) is 9.60. The molecule has 0 bridgehead atoms. The molecule has 0 aromatic carbocycles. The number of aliphatic hydroxyl groups is 1. The molecule has 0 radical (unpaired) electrons. The van der Waals surface area contributed by atoms with E-state index in [0.717, 1.165) is 64.2 Å². The zero-order valence-electron chi connectivity index (χ0n) is 36.4. The first kappa shape index (κ1) is 52.9. The molecule has 0 saturated carbocycles. The topological polar surface area (TPSA) is 72.8 Å². The molecule has 5 nitrogen and oxygen atoms in total. The first-order valence-electron chi connectivity index (χ1n) is 23.7. The summed E-state index contributed by atoms with van der Waals surface area (Å²) in [6.07, 6.45) is 59.1. The second kappa shape index (κ2) is 46.2. The zero-order chi connectivity index (χ0) is 40.0. The fraction of sp³-hybridized carbons (Fsp3) is 0.800. The number of carbonyl (C=O) groups excluding carboxylic acids is 2. The highest BCUT2D eigenvalue weighted by molar-refractivity contribution is 5.70. The fourth-order valence-electron chi connectivity index (χ4n) is 6.77. The van der Waals surface area contributed by atoms with E-state index >= 15 is 0 Å². The highest BCUT2D eigenvalue weighted by atomic mass is 16.6. The number of unbranched alkanes of at least 4 members (excludes halogenated alkanes) is 27. The van der Waals surface area contributed by atoms with Gasteiger partial charge in [0.1, 0.15) is 6.61 Å². The van der Waals surface area contributed by atoms with Crippen molar-refractivity contribution >= 4 is 11.9 Å². The van der Waals surface area contributed by atoms with E-state index in [0.29, 0.717) is 12.8 Å². The van der Waals surface area contributed by atoms with Gasteiger partial charge in [-0.15, -0.1) is 0 Å². The van der Waals surface area contributed by atoms with Crippen LogP contribution in [0.25, 0.3) is 0 Å². The van der Waals surface area contributed by atoms with Gasteiger partial charge >= 0.3 is 11.9 Å². The van der Waals surface area contributed by atoms with Crippen LogP contribution >= 0.6 is 0 Å². The lowest BCUT2D eigenvalue weighted by molar-refractivity contribution is -0.161. The molecule has 0 aliphatic heterocycles. The third-order valence-electron chi connectivity index (χ3n) is 10.4. The van der Waals surface area contributed by atoms with Crippen LogP contribution in [-0.4, -0.2) is 36.4 Å². The number of hydrogen-bond donors (Lipinski definition) is 1. The molecule has 0 heterocycles. The minimum absolute atomic E-state index is 0.0807. The summed E-state index contributed by atoms with van der Waals surface area (Å²) in [4.78, 5) is 24.4. The maximum atomic E-state index is 12.2. The minimum Gasteiger partial charge on any atom is -0.462 e. The molecule has 0 aromatic heterocycles. The molecule has 0 amide bonds. The van der Waals surface area contributed by atoms with E-state index in [-0.39, 0.29) is 25.2 Å². The Bertz CT molecular complexity index is 919. The molecule has 0 unspecified atom stereocenters. The van der Waals surface area contributed by atoms with Gasteiger partial charge in [-0.05, 0) is 57.8 Å². The van der Waals surface area contributed by atoms with Crippen LogP contribution in [0.4, 0.5) is 0 Å². The molecule has 1 atom stereocenters. The maximum Gasteiger partial charge on any atom is 0.306 e. The van der Waals surface area contributed by atoms with E-state index in [4.69, 9.17) is 9.47 Å². The molecule has 5 heteroatoms. The molecule has 0 aliphatic rings. The number of ether oxygens (including phenoxy) is 2. The second-order valence-corrected chi connectivity index (χ2v) is 15.8. The largest absolute Gasteiger partial charge is 0.462 e. The van der Waals surface area contributed by atoms with Gasteiger partial charge in [-0.1, -0.05) is 217 Å². The van der Waals surface area contributed by atoms with Gasteiger partial charge in [0, 0.05) is 12.8 Å². The maximum absolute atomic E-state index is 12.2. The Labute approximate surface area is 341 Å². The lowest BCUT2D eigenvalue weighted by Gasteiger charge is -2.15. The van der Waals surface area contributed by atoms with Crippen LogP contribution in [0.3, 0.4) is 0 Å². The van der Waals surface area contributed by atoms with Crippen molar-refractivity contribution in [2.24, 2.45) is 0 Å². The molecule has 0 saturated heterocycles. The van der Waals surface area contributed by atoms with Gasteiger partial charge in [0.15, 0.2) is 6.10 Å². The summed E-state index contributed by atoms with van der Waals surface area (Å²) in [5.41, 5.74) is 0. The van der Waals surface area contributed by atoms with Crippen LogP contribution in [0.2, 0.25) is 0 Å². The van der Waals surface area contributed by atoms with Gasteiger partial charge in [-0.25, -0.2) is 0 Å². The van der Waals surface area contributed by atoms with Crippen LogP contribution < -0.4 is 0 Å². The van der Waals surface area contributed by atoms with Gasteiger partial charge < -0.3 is 14.6 Å². The monoisotopic (exact) mass is 771 g/mol. The number of rotatable bonds is 43. The first-order chi connectivity index (χ1) is 27.1. The normalized spacial score (nSPS) is 12.6. The van der Waals surface area contributed by atoms with E-state index in [1.807, 2.05) is 0 Å². The highest BCUT2D eigenvalue weighted by Gasteiger charge is 2.16.